The van der Waals surface area contributed by atoms with Gasteiger partial charge in [0, 0.05) is 18.7 Å². The Labute approximate surface area is 147 Å². The molecule has 0 saturated carbocycles. The Kier molecular flexibility index (Phi) is 4.03. The molecule has 25 heavy (non-hydrogen) atoms. The van der Waals surface area contributed by atoms with E-state index in [9.17, 15) is 9.59 Å². The third kappa shape index (κ3) is 3.16. The average Bonchev–Trinajstić information content (AvgIpc) is 3.11. The summed E-state index contributed by atoms with van der Waals surface area (Å²) in [6, 6.07) is 15.5. The quantitative estimate of drug-likeness (QED) is 0.612. The number of carbonyl (C=O) groups is 1. The van der Waals surface area contributed by atoms with Gasteiger partial charge in [-0.15, -0.1) is 11.3 Å². The van der Waals surface area contributed by atoms with Crippen LogP contribution in [0, 0.1) is 0 Å². The van der Waals surface area contributed by atoms with E-state index in [4.69, 9.17) is 0 Å². The van der Waals surface area contributed by atoms with E-state index in [0.29, 0.717) is 11.9 Å². The molecule has 0 fully saturated rings. The van der Waals surface area contributed by atoms with Crippen molar-refractivity contribution in [2.24, 2.45) is 0 Å². The lowest BCUT2D eigenvalue weighted by Crippen LogP contribution is -2.23. The zero-order valence-electron chi connectivity index (χ0n) is 13.3. The van der Waals surface area contributed by atoms with Crippen LogP contribution in [-0.4, -0.2) is 15.5 Å². The van der Waals surface area contributed by atoms with Gasteiger partial charge in [-0.25, -0.2) is 4.98 Å². The summed E-state index contributed by atoms with van der Waals surface area (Å²) in [5.41, 5.74) is 0.646. The molecule has 0 radical (unpaired) electrons. The number of anilines is 1. The van der Waals surface area contributed by atoms with Gasteiger partial charge in [-0.2, -0.15) is 0 Å². The van der Waals surface area contributed by atoms with Crippen LogP contribution in [0.3, 0.4) is 0 Å². The minimum Gasteiger partial charge on any atom is -0.326 e. The molecule has 0 spiro atoms. The number of rotatable bonds is 4. The van der Waals surface area contributed by atoms with Crippen molar-refractivity contribution in [3.05, 3.63) is 70.6 Å². The zero-order chi connectivity index (χ0) is 17.2. The number of hydrogen-bond acceptors (Lipinski definition) is 4. The van der Waals surface area contributed by atoms with E-state index in [2.05, 4.69) is 10.3 Å². The Hall–Kier alpha value is -2.99. The van der Waals surface area contributed by atoms with E-state index in [0.717, 1.165) is 21.3 Å². The fourth-order valence-corrected chi connectivity index (χ4v) is 3.49. The van der Waals surface area contributed by atoms with Gasteiger partial charge < -0.3 is 5.32 Å². The first-order valence-corrected chi connectivity index (χ1v) is 8.80. The number of nitrogens with zero attached hydrogens (tertiary/aromatic N) is 2. The summed E-state index contributed by atoms with van der Waals surface area (Å²) in [5, 5.41) is 7.53. The van der Waals surface area contributed by atoms with Crippen LogP contribution in [0.5, 0.6) is 0 Å². The molecule has 0 aliphatic rings. The largest absolute Gasteiger partial charge is 0.326 e. The third-order valence-corrected chi connectivity index (χ3v) is 4.88. The molecule has 124 valence electrons. The molecule has 2 heterocycles. The number of thiophene rings is 1. The Morgan fingerprint density at radius 2 is 1.96 bits per heavy atom. The van der Waals surface area contributed by atoms with Gasteiger partial charge in [0.05, 0.1) is 11.7 Å². The van der Waals surface area contributed by atoms with Gasteiger partial charge in [-0.05, 0) is 34.4 Å². The van der Waals surface area contributed by atoms with Gasteiger partial charge in [0.1, 0.15) is 4.83 Å². The number of amides is 1. The Balaban J connectivity index is 1.45. The van der Waals surface area contributed by atoms with Gasteiger partial charge >= 0.3 is 0 Å². The predicted molar refractivity (Wildman–Crippen MR) is 101 cm³/mol. The lowest BCUT2D eigenvalue weighted by molar-refractivity contribution is -0.116. The maximum atomic E-state index is 12.3. The highest BCUT2D eigenvalue weighted by Crippen LogP contribution is 2.19. The van der Waals surface area contributed by atoms with Gasteiger partial charge in [-0.3, -0.25) is 14.2 Å². The van der Waals surface area contributed by atoms with E-state index >= 15 is 0 Å². The lowest BCUT2D eigenvalue weighted by Gasteiger charge is -2.08. The minimum atomic E-state index is -0.132. The van der Waals surface area contributed by atoms with Crippen LogP contribution in [0.4, 0.5) is 5.69 Å². The Morgan fingerprint density at radius 1 is 1.12 bits per heavy atom. The van der Waals surface area contributed by atoms with Crippen molar-refractivity contribution in [1.29, 1.82) is 0 Å². The number of benzene rings is 2. The van der Waals surface area contributed by atoms with Crippen LogP contribution in [0.25, 0.3) is 21.0 Å². The van der Waals surface area contributed by atoms with E-state index in [1.807, 2.05) is 47.8 Å². The smallest absolute Gasteiger partial charge is 0.262 e. The minimum absolute atomic E-state index is 0.107. The molecule has 0 saturated heterocycles. The first-order chi connectivity index (χ1) is 12.2. The normalized spacial score (nSPS) is 11.0. The van der Waals surface area contributed by atoms with Crippen LogP contribution in [0.1, 0.15) is 6.42 Å². The molecular formula is C19H15N3O2S. The standard InChI is InChI=1S/C19H15N3O2S/c23-17(21-15-6-5-13-3-1-2-4-14(13)11-15)7-9-22-12-20-18-16(19(22)24)8-10-25-18/h1-6,8,10-12H,7,9H2,(H,21,23). The summed E-state index contributed by atoms with van der Waals surface area (Å²) in [5.74, 6) is -0.132. The SMILES string of the molecule is O=C(CCn1cnc2sccc2c1=O)Nc1ccc2ccccc2c1. The molecule has 4 rings (SSSR count). The molecular weight excluding hydrogens is 334 g/mol. The summed E-state index contributed by atoms with van der Waals surface area (Å²) < 4.78 is 1.48. The van der Waals surface area contributed by atoms with Crippen molar-refractivity contribution >= 4 is 43.9 Å². The summed E-state index contributed by atoms with van der Waals surface area (Å²) in [4.78, 5) is 29.5. The van der Waals surface area contributed by atoms with Crippen molar-refractivity contribution in [2.75, 3.05) is 5.32 Å². The van der Waals surface area contributed by atoms with E-state index in [1.54, 1.807) is 6.07 Å². The van der Waals surface area contributed by atoms with Gasteiger partial charge in [-0.1, -0.05) is 30.3 Å². The maximum absolute atomic E-state index is 12.3. The average molecular weight is 349 g/mol. The van der Waals surface area contributed by atoms with Crippen LogP contribution in [0.2, 0.25) is 0 Å². The van der Waals surface area contributed by atoms with E-state index in [-0.39, 0.29) is 17.9 Å². The van der Waals surface area contributed by atoms with E-state index in [1.165, 1.54) is 22.2 Å². The van der Waals surface area contributed by atoms with Crippen molar-refractivity contribution in [3.63, 3.8) is 0 Å². The van der Waals surface area contributed by atoms with Crippen molar-refractivity contribution in [2.45, 2.75) is 13.0 Å². The molecule has 2 aromatic heterocycles. The van der Waals surface area contributed by atoms with Crippen molar-refractivity contribution in [1.82, 2.24) is 9.55 Å². The molecule has 1 amide bonds. The zero-order valence-corrected chi connectivity index (χ0v) is 14.1. The molecule has 6 heteroatoms. The number of fused-ring (bicyclic) bond motifs is 2. The van der Waals surface area contributed by atoms with Crippen LogP contribution < -0.4 is 10.9 Å². The van der Waals surface area contributed by atoms with E-state index < -0.39 is 0 Å². The van der Waals surface area contributed by atoms with Gasteiger partial charge in [0.15, 0.2) is 0 Å². The number of carbonyl (C=O) groups excluding carboxylic acids is 1. The van der Waals surface area contributed by atoms with Crippen LogP contribution in [-0.2, 0) is 11.3 Å². The number of aromatic nitrogens is 2. The molecule has 0 unspecified atom stereocenters. The molecule has 5 nitrogen and oxygen atoms in total. The fraction of sp³-hybridized carbons (Fsp3) is 0.105. The first-order valence-electron chi connectivity index (χ1n) is 7.92. The van der Waals surface area contributed by atoms with Gasteiger partial charge in [0.25, 0.3) is 5.56 Å². The first kappa shape index (κ1) is 15.5. The number of aryl methyl sites for hydroxylation is 1. The summed E-state index contributed by atoms with van der Waals surface area (Å²) >= 11 is 1.43. The highest BCUT2D eigenvalue weighted by molar-refractivity contribution is 7.16. The Morgan fingerprint density at radius 3 is 2.84 bits per heavy atom. The van der Waals surface area contributed by atoms with Crippen molar-refractivity contribution in [3.8, 4) is 0 Å². The summed E-state index contributed by atoms with van der Waals surface area (Å²) in [6.07, 6.45) is 1.72. The van der Waals surface area contributed by atoms with Gasteiger partial charge in [0.2, 0.25) is 5.91 Å². The molecule has 0 atom stereocenters. The molecule has 0 aliphatic carbocycles. The second kappa shape index (κ2) is 6.49. The topological polar surface area (TPSA) is 64.0 Å². The van der Waals surface area contributed by atoms with Crippen molar-refractivity contribution < 1.29 is 4.79 Å². The van der Waals surface area contributed by atoms with Crippen LogP contribution >= 0.6 is 11.3 Å². The second-order valence-electron chi connectivity index (χ2n) is 5.74. The highest BCUT2D eigenvalue weighted by Gasteiger charge is 2.08. The van der Waals surface area contributed by atoms with Crippen LogP contribution in [0.15, 0.2) is 65.0 Å². The number of nitrogens with one attached hydrogen (secondary N) is 1. The third-order valence-electron chi connectivity index (χ3n) is 4.06. The summed E-state index contributed by atoms with van der Waals surface area (Å²) in [6.45, 7) is 0.303. The molecule has 1 N–H and O–H groups in total. The molecule has 0 aliphatic heterocycles. The maximum Gasteiger partial charge on any atom is 0.262 e. The lowest BCUT2D eigenvalue weighted by atomic mass is 10.1. The molecule has 4 aromatic rings. The highest BCUT2D eigenvalue weighted by atomic mass is 32.1. The summed E-state index contributed by atoms with van der Waals surface area (Å²) in [7, 11) is 0. The molecule has 2 aromatic carbocycles. The Bertz CT molecular complexity index is 1130. The monoisotopic (exact) mass is 349 g/mol. The fourth-order valence-electron chi connectivity index (χ4n) is 2.77. The number of hydrogen-bond donors (Lipinski definition) is 1. The second-order valence-corrected chi connectivity index (χ2v) is 6.64. The predicted octanol–water partition coefficient (Wildman–Crippen LogP) is 3.64. The molecule has 0 bridgehead atoms.